The Kier molecular flexibility index (Phi) is 2.89. The lowest BCUT2D eigenvalue weighted by Gasteiger charge is -2.27. The quantitative estimate of drug-likeness (QED) is 0.606. The molecule has 6 heteroatoms. The number of hydrogen-bond donors (Lipinski definition) is 1. The monoisotopic (exact) mass is 222 g/mol. The molecule has 1 aromatic heterocycles. The normalized spacial score (nSPS) is 16.1. The first-order chi connectivity index (χ1) is 7.68. The van der Waals surface area contributed by atoms with Crippen molar-refractivity contribution in [3.8, 4) is 0 Å². The lowest BCUT2D eigenvalue weighted by atomic mass is 10.1. The molecule has 2 heterocycles. The summed E-state index contributed by atoms with van der Waals surface area (Å²) in [5, 5.41) is 10.9. The third-order valence-corrected chi connectivity index (χ3v) is 2.73. The van der Waals surface area contributed by atoms with Gasteiger partial charge in [0.1, 0.15) is 5.82 Å². The Hall–Kier alpha value is -1.85. The van der Waals surface area contributed by atoms with E-state index in [9.17, 15) is 10.1 Å². The van der Waals surface area contributed by atoms with E-state index < -0.39 is 4.92 Å². The molecule has 6 nitrogen and oxygen atoms in total. The molecule has 1 aliphatic rings. The molecule has 1 saturated heterocycles. The Morgan fingerprint density at radius 1 is 1.31 bits per heavy atom. The molecule has 1 fully saturated rings. The summed E-state index contributed by atoms with van der Waals surface area (Å²) in [6.45, 7) is 1.63. The highest BCUT2D eigenvalue weighted by Gasteiger charge is 2.22. The van der Waals surface area contributed by atoms with Crippen LogP contribution in [-0.2, 0) is 0 Å². The van der Waals surface area contributed by atoms with Crippen LogP contribution in [0.25, 0.3) is 0 Å². The molecule has 0 aromatic carbocycles. The SMILES string of the molecule is Nc1ccc([N+](=O)[O-])c(N2CCCCC2)n1. The standard InChI is InChI=1S/C10H14N4O2/c11-9-5-4-8(14(15)16)10(12-9)13-6-2-1-3-7-13/h4-5H,1-3,6-7H2,(H2,11,12). The van der Waals surface area contributed by atoms with E-state index in [2.05, 4.69) is 4.98 Å². The molecule has 86 valence electrons. The summed E-state index contributed by atoms with van der Waals surface area (Å²) in [5.41, 5.74) is 5.61. The molecular formula is C10H14N4O2. The maximum Gasteiger partial charge on any atom is 0.311 e. The van der Waals surface area contributed by atoms with E-state index in [1.54, 1.807) is 0 Å². The van der Waals surface area contributed by atoms with Crippen molar-refractivity contribution in [1.82, 2.24) is 4.98 Å². The van der Waals surface area contributed by atoms with Gasteiger partial charge < -0.3 is 10.6 Å². The van der Waals surface area contributed by atoms with Gasteiger partial charge in [0, 0.05) is 19.2 Å². The zero-order valence-electron chi connectivity index (χ0n) is 8.93. The lowest BCUT2D eigenvalue weighted by molar-refractivity contribution is -0.384. The van der Waals surface area contributed by atoms with Gasteiger partial charge in [-0.15, -0.1) is 0 Å². The van der Waals surface area contributed by atoms with E-state index >= 15 is 0 Å². The van der Waals surface area contributed by atoms with Gasteiger partial charge in [0.25, 0.3) is 0 Å². The predicted molar refractivity (Wildman–Crippen MR) is 61.4 cm³/mol. The van der Waals surface area contributed by atoms with Gasteiger partial charge in [-0.05, 0) is 25.3 Å². The van der Waals surface area contributed by atoms with Crippen molar-refractivity contribution in [1.29, 1.82) is 0 Å². The van der Waals surface area contributed by atoms with Crippen molar-refractivity contribution in [2.24, 2.45) is 0 Å². The smallest absolute Gasteiger partial charge is 0.311 e. The second-order valence-corrected chi connectivity index (χ2v) is 3.88. The van der Waals surface area contributed by atoms with Crippen LogP contribution in [-0.4, -0.2) is 23.0 Å². The molecule has 0 bridgehead atoms. The molecule has 0 amide bonds. The molecule has 2 N–H and O–H groups in total. The molecule has 0 aliphatic carbocycles. The number of nitrogens with two attached hydrogens (primary N) is 1. The van der Waals surface area contributed by atoms with Crippen molar-refractivity contribution in [2.75, 3.05) is 23.7 Å². The highest BCUT2D eigenvalue weighted by molar-refractivity contribution is 5.61. The first kappa shape index (κ1) is 10.7. The van der Waals surface area contributed by atoms with Crippen molar-refractivity contribution >= 4 is 17.3 Å². The Morgan fingerprint density at radius 3 is 2.62 bits per heavy atom. The second-order valence-electron chi connectivity index (χ2n) is 3.88. The minimum absolute atomic E-state index is 0.0381. The molecule has 1 aliphatic heterocycles. The molecule has 0 atom stereocenters. The van der Waals surface area contributed by atoms with E-state index in [0.29, 0.717) is 11.6 Å². The maximum absolute atomic E-state index is 10.9. The minimum Gasteiger partial charge on any atom is -0.384 e. The zero-order chi connectivity index (χ0) is 11.5. The van der Waals surface area contributed by atoms with Gasteiger partial charge in [0.15, 0.2) is 0 Å². The fourth-order valence-corrected chi connectivity index (χ4v) is 1.94. The largest absolute Gasteiger partial charge is 0.384 e. The van der Waals surface area contributed by atoms with Crippen LogP contribution in [0.3, 0.4) is 0 Å². The maximum atomic E-state index is 10.9. The molecule has 1 aromatic rings. The van der Waals surface area contributed by atoms with Crippen LogP contribution in [0.2, 0.25) is 0 Å². The highest BCUT2D eigenvalue weighted by atomic mass is 16.6. The Labute approximate surface area is 93.2 Å². The summed E-state index contributed by atoms with van der Waals surface area (Å²) in [5.74, 6) is 0.732. The first-order valence-corrected chi connectivity index (χ1v) is 5.34. The molecule has 0 spiro atoms. The van der Waals surface area contributed by atoms with Crippen LogP contribution in [0.1, 0.15) is 19.3 Å². The van der Waals surface area contributed by atoms with Gasteiger partial charge in [-0.1, -0.05) is 0 Å². The van der Waals surface area contributed by atoms with Crippen molar-refractivity contribution in [3.05, 3.63) is 22.2 Å². The third kappa shape index (κ3) is 2.05. The molecule has 0 saturated carbocycles. The van der Waals surface area contributed by atoms with E-state index in [1.165, 1.54) is 18.6 Å². The fraction of sp³-hybridized carbons (Fsp3) is 0.500. The second kappa shape index (κ2) is 4.34. The molecule has 2 rings (SSSR count). The Balaban J connectivity index is 2.36. The van der Waals surface area contributed by atoms with E-state index in [0.717, 1.165) is 25.9 Å². The molecule has 0 radical (unpaired) electrons. The minimum atomic E-state index is -0.406. The fourth-order valence-electron chi connectivity index (χ4n) is 1.94. The summed E-state index contributed by atoms with van der Waals surface area (Å²) < 4.78 is 0. The van der Waals surface area contributed by atoms with Crippen molar-refractivity contribution in [3.63, 3.8) is 0 Å². The number of aromatic nitrogens is 1. The number of anilines is 2. The predicted octanol–water partition coefficient (Wildman–Crippen LogP) is 1.56. The topological polar surface area (TPSA) is 85.3 Å². The number of rotatable bonds is 2. The van der Waals surface area contributed by atoms with Gasteiger partial charge >= 0.3 is 5.69 Å². The van der Waals surface area contributed by atoms with Crippen molar-refractivity contribution < 1.29 is 4.92 Å². The Bertz CT molecular complexity index is 402. The van der Waals surface area contributed by atoms with Gasteiger partial charge in [-0.25, -0.2) is 4.98 Å². The average molecular weight is 222 g/mol. The first-order valence-electron chi connectivity index (χ1n) is 5.34. The van der Waals surface area contributed by atoms with Crippen LogP contribution >= 0.6 is 0 Å². The van der Waals surface area contributed by atoms with Crippen LogP contribution < -0.4 is 10.6 Å². The summed E-state index contributed by atoms with van der Waals surface area (Å²) in [4.78, 5) is 16.5. The van der Waals surface area contributed by atoms with E-state index in [-0.39, 0.29) is 5.69 Å². The number of pyridine rings is 1. The number of hydrogen-bond acceptors (Lipinski definition) is 5. The highest BCUT2D eigenvalue weighted by Crippen LogP contribution is 2.28. The van der Waals surface area contributed by atoms with Gasteiger partial charge in [0.2, 0.25) is 5.82 Å². The third-order valence-electron chi connectivity index (χ3n) is 2.73. The van der Waals surface area contributed by atoms with Gasteiger partial charge in [-0.3, -0.25) is 10.1 Å². The Morgan fingerprint density at radius 2 is 2.00 bits per heavy atom. The summed E-state index contributed by atoms with van der Waals surface area (Å²) in [6, 6.07) is 2.89. The molecule has 16 heavy (non-hydrogen) atoms. The van der Waals surface area contributed by atoms with Crippen LogP contribution in [0.5, 0.6) is 0 Å². The summed E-state index contributed by atoms with van der Waals surface area (Å²) in [6.07, 6.45) is 3.27. The summed E-state index contributed by atoms with van der Waals surface area (Å²) in [7, 11) is 0. The molecule has 0 unspecified atom stereocenters. The summed E-state index contributed by atoms with van der Waals surface area (Å²) >= 11 is 0. The number of nitrogen functional groups attached to an aromatic ring is 1. The zero-order valence-corrected chi connectivity index (χ0v) is 8.93. The molecular weight excluding hydrogens is 208 g/mol. The van der Waals surface area contributed by atoms with Crippen LogP contribution in [0, 0.1) is 10.1 Å². The van der Waals surface area contributed by atoms with E-state index in [1.807, 2.05) is 4.90 Å². The van der Waals surface area contributed by atoms with Gasteiger partial charge in [0.05, 0.1) is 4.92 Å². The number of nitrogens with zero attached hydrogens (tertiary/aromatic N) is 3. The number of nitro groups is 1. The van der Waals surface area contributed by atoms with Crippen molar-refractivity contribution in [2.45, 2.75) is 19.3 Å². The number of piperidine rings is 1. The average Bonchev–Trinajstić information content (AvgIpc) is 2.29. The van der Waals surface area contributed by atoms with Crippen LogP contribution in [0.4, 0.5) is 17.3 Å². The van der Waals surface area contributed by atoms with E-state index in [4.69, 9.17) is 5.73 Å². The van der Waals surface area contributed by atoms with Gasteiger partial charge in [-0.2, -0.15) is 0 Å². The lowest BCUT2D eigenvalue weighted by Crippen LogP contribution is -2.30. The van der Waals surface area contributed by atoms with Crippen LogP contribution in [0.15, 0.2) is 12.1 Å².